The number of esters is 1. The van der Waals surface area contributed by atoms with Crippen LogP contribution in [0.3, 0.4) is 0 Å². The fourth-order valence-electron chi connectivity index (χ4n) is 0.623. The van der Waals surface area contributed by atoms with Crippen LogP contribution < -0.4 is 0 Å². The Morgan fingerprint density at radius 1 is 1.73 bits per heavy atom. The lowest BCUT2D eigenvalue weighted by molar-refractivity contribution is -0.134. The fraction of sp³-hybridized carbons (Fsp3) is 0.625. The Morgan fingerprint density at radius 3 is 2.82 bits per heavy atom. The van der Waals surface area contributed by atoms with E-state index in [1.165, 1.54) is 13.2 Å². The monoisotopic (exact) mass is 220 g/mol. The molecule has 0 aromatic carbocycles. The van der Waals surface area contributed by atoms with Gasteiger partial charge in [-0.1, -0.05) is 35.4 Å². The molecule has 0 N–H and O–H groups in total. The molecule has 0 radical (unpaired) electrons. The lowest BCUT2D eigenvalue weighted by Gasteiger charge is -1.99. The van der Waals surface area contributed by atoms with Crippen molar-refractivity contribution in [1.29, 1.82) is 0 Å². The van der Waals surface area contributed by atoms with Gasteiger partial charge in [0, 0.05) is 10.9 Å². The third-order valence-corrected chi connectivity index (χ3v) is 1.97. The summed E-state index contributed by atoms with van der Waals surface area (Å²) < 4.78 is 4.43. The minimum atomic E-state index is -0.300. The van der Waals surface area contributed by atoms with E-state index in [4.69, 9.17) is 0 Å². The molecule has 1 atom stereocenters. The Morgan fingerprint density at radius 2 is 2.36 bits per heavy atom. The third-order valence-electron chi connectivity index (χ3n) is 1.21. The summed E-state index contributed by atoms with van der Waals surface area (Å²) in [4.78, 5) is 10.9. The van der Waals surface area contributed by atoms with Crippen molar-refractivity contribution >= 4 is 21.9 Å². The molecule has 0 bridgehead atoms. The average molecular weight is 221 g/mol. The van der Waals surface area contributed by atoms with E-state index >= 15 is 0 Å². The van der Waals surface area contributed by atoms with Crippen molar-refractivity contribution in [1.82, 2.24) is 0 Å². The van der Waals surface area contributed by atoms with Gasteiger partial charge in [0.05, 0.1) is 7.11 Å². The van der Waals surface area contributed by atoms with Crippen LogP contribution in [0.25, 0.3) is 0 Å². The first kappa shape index (κ1) is 10.7. The maximum Gasteiger partial charge on any atom is 0.330 e. The SMILES string of the molecule is CCCC(Br)C=CC(=O)OC. The molecule has 0 saturated carbocycles. The van der Waals surface area contributed by atoms with E-state index < -0.39 is 0 Å². The molecule has 64 valence electrons. The fourth-order valence-corrected chi connectivity index (χ4v) is 1.23. The van der Waals surface area contributed by atoms with Crippen LogP contribution in [0.15, 0.2) is 12.2 Å². The van der Waals surface area contributed by atoms with Gasteiger partial charge in [-0.15, -0.1) is 0 Å². The number of allylic oxidation sites excluding steroid dienone is 1. The summed E-state index contributed by atoms with van der Waals surface area (Å²) in [6.45, 7) is 2.10. The summed E-state index contributed by atoms with van der Waals surface area (Å²) in [5.41, 5.74) is 0. The Balaban J connectivity index is 3.63. The molecule has 3 heteroatoms. The van der Waals surface area contributed by atoms with E-state index in [9.17, 15) is 4.79 Å². The number of ether oxygens (including phenoxy) is 1. The second-order valence-corrected chi connectivity index (χ2v) is 3.36. The molecule has 0 spiro atoms. The van der Waals surface area contributed by atoms with Gasteiger partial charge in [0.1, 0.15) is 0 Å². The van der Waals surface area contributed by atoms with Crippen molar-refractivity contribution in [3.63, 3.8) is 0 Å². The Kier molecular flexibility index (Phi) is 6.22. The Hall–Kier alpha value is -0.310. The number of methoxy groups -OCH3 is 1. The standard InChI is InChI=1S/C8H13BrO2/c1-3-4-7(9)5-6-8(10)11-2/h5-7H,3-4H2,1-2H3. The van der Waals surface area contributed by atoms with Crippen molar-refractivity contribution in [2.45, 2.75) is 24.6 Å². The number of carbonyl (C=O) groups excluding carboxylic acids is 1. The zero-order valence-electron chi connectivity index (χ0n) is 6.84. The van der Waals surface area contributed by atoms with Gasteiger partial charge >= 0.3 is 5.97 Å². The zero-order chi connectivity index (χ0) is 8.69. The third kappa shape index (κ3) is 6.10. The molecule has 0 rings (SSSR count). The zero-order valence-corrected chi connectivity index (χ0v) is 8.43. The lowest BCUT2D eigenvalue weighted by Crippen LogP contribution is -1.97. The van der Waals surface area contributed by atoms with Gasteiger partial charge in [-0.05, 0) is 6.42 Å². The lowest BCUT2D eigenvalue weighted by atomic mass is 10.2. The molecule has 0 amide bonds. The number of hydrogen-bond donors (Lipinski definition) is 0. The molecule has 0 aromatic rings. The summed E-state index contributed by atoms with van der Waals surface area (Å²) in [6.07, 6.45) is 5.37. The maximum absolute atomic E-state index is 10.6. The molecule has 0 saturated heterocycles. The molecule has 0 fully saturated rings. The van der Waals surface area contributed by atoms with Gasteiger partial charge in [0.25, 0.3) is 0 Å². The molecular weight excluding hydrogens is 208 g/mol. The van der Waals surface area contributed by atoms with Crippen molar-refractivity contribution in [3.8, 4) is 0 Å². The molecule has 11 heavy (non-hydrogen) atoms. The first-order valence-electron chi connectivity index (χ1n) is 3.61. The maximum atomic E-state index is 10.6. The highest BCUT2D eigenvalue weighted by Crippen LogP contribution is 2.08. The van der Waals surface area contributed by atoms with Crippen LogP contribution in [0.2, 0.25) is 0 Å². The summed E-state index contributed by atoms with van der Waals surface area (Å²) >= 11 is 3.40. The van der Waals surface area contributed by atoms with Crippen LogP contribution in [0, 0.1) is 0 Å². The van der Waals surface area contributed by atoms with Crippen molar-refractivity contribution in [2.75, 3.05) is 7.11 Å². The predicted molar refractivity (Wildman–Crippen MR) is 48.8 cm³/mol. The van der Waals surface area contributed by atoms with E-state index in [1.54, 1.807) is 6.08 Å². The molecular formula is C8H13BrO2. The number of carbonyl (C=O) groups is 1. The normalized spacial score (nSPS) is 13.4. The average Bonchev–Trinajstić information content (AvgIpc) is 2.01. The van der Waals surface area contributed by atoms with Gasteiger partial charge in [-0.3, -0.25) is 0 Å². The van der Waals surface area contributed by atoms with E-state index in [2.05, 4.69) is 27.6 Å². The van der Waals surface area contributed by atoms with E-state index in [-0.39, 0.29) is 10.8 Å². The van der Waals surface area contributed by atoms with E-state index in [1.807, 2.05) is 0 Å². The second-order valence-electron chi connectivity index (χ2n) is 2.19. The highest BCUT2D eigenvalue weighted by molar-refractivity contribution is 9.09. The van der Waals surface area contributed by atoms with Crippen molar-refractivity contribution in [3.05, 3.63) is 12.2 Å². The summed E-state index contributed by atoms with van der Waals surface area (Å²) in [5, 5.41) is 0. The van der Waals surface area contributed by atoms with Crippen LogP contribution in [-0.4, -0.2) is 17.9 Å². The number of halogens is 1. The molecule has 0 aliphatic heterocycles. The Labute approximate surface area is 75.7 Å². The van der Waals surface area contributed by atoms with Gasteiger partial charge < -0.3 is 4.74 Å². The van der Waals surface area contributed by atoms with Gasteiger partial charge in [0.15, 0.2) is 0 Å². The van der Waals surface area contributed by atoms with E-state index in [0.717, 1.165) is 12.8 Å². The van der Waals surface area contributed by atoms with Crippen LogP contribution in [0.5, 0.6) is 0 Å². The first-order valence-corrected chi connectivity index (χ1v) is 4.52. The first-order chi connectivity index (χ1) is 5.20. The second kappa shape index (κ2) is 6.40. The van der Waals surface area contributed by atoms with Gasteiger partial charge in [0.2, 0.25) is 0 Å². The molecule has 2 nitrogen and oxygen atoms in total. The molecule has 0 aliphatic carbocycles. The summed E-state index contributed by atoms with van der Waals surface area (Å²) in [7, 11) is 1.37. The highest BCUT2D eigenvalue weighted by atomic mass is 79.9. The Bertz CT molecular complexity index is 143. The van der Waals surface area contributed by atoms with Crippen LogP contribution in [0.4, 0.5) is 0 Å². The summed E-state index contributed by atoms with van der Waals surface area (Å²) in [6, 6.07) is 0. The van der Waals surface area contributed by atoms with Gasteiger partial charge in [-0.25, -0.2) is 4.79 Å². The van der Waals surface area contributed by atoms with E-state index in [0.29, 0.717) is 0 Å². The van der Waals surface area contributed by atoms with Crippen LogP contribution >= 0.6 is 15.9 Å². The smallest absolute Gasteiger partial charge is 0.330 e. The van der Waals surface area contributed by atoms with Crippen LogP contribution in [-0.2, 0) is 9.53 Å². The minimum Gasteiger partial charge on any atom is -0.466 e. The molecule has 0 heterocycles. The topological polar surface area (TPSA) is 26.3 Å². The summed E-state index contributed by atoms with van der Waals surface area (Å²) in [5.74, 6) is -0.300. The highest BCUT2D eigenvalue weighted by Gasteiger charge is 1.97. The quantitative estimate of drug-likeness (QED) is 0.413. The number of rotatable bonds is 4. The number of alkyl halides is 1. The molecule has 0 aliphatic rings. The van der Waals surface area contributed by atoms with Crippen LogP contribution in [0.1, 0.15) is 19.8 Å². The number of hydrogen-bond acceptors (Lipinski definition) is 2. The largest absolute Gasteiger partial charge is 0.466 e. The minimum absolute atomic E-state index is 0.284. The van der Waals surface area contributed by atoms with Crippen molar-refractivity contribution in [2.24, 2.45) is 0 Å². The van der Waals surface area contributed by atoms with Gasteiger partial charge in [-0.2, -0.15) is 0 Å². The van der Waals surface area contributed by atoms with Crippen molar-refractivity contribution < 1.29 is 9.53 Å². The molecule has 1 unspecified atom stereocenters. The predicted octanol–water partition coefficient (Wildman–Crippen LogP) is 2.28. The molecule has 0 aromatic heterocycles.